The molecule has 5 nitrogen and oxygen atoms in total. The number of ether oxygens (including phenoxy) is 1. The van der Waals surface area contributed by atoms with E-state index >= 15 is 0 Å². The first-order valence-electron chi connectivity index (χ1n) is 7.57. The van der Waals surface area contributed by atoms with Crippen LogP contribution < -0.4 is 15.4 Å². The Hall–Kier alpha value is -2.82. The minimum atomic E-state index is -0.604. The van der Waals surface area contributed by atoms with Crippen LogP contribution in [0.1, 0.15) is 18.9 Å². The average molecular weight is 310 g/mol. The maximum absolute atomic E-state index is 12.2. The number of benzene rings is 2. The van der Waals surface area contributed by atoms with Crippen molar-refractivity contribution in [1.82, 2.24) is 0 Å². The predicted molar refractivity (Wildman–Crippen MR) is 88.6 cm³/mol. The summed E-state index contributed by atoms with van der Waals surface area (Å²) < 4.78 is 5.61. The van der Waals surface area contributed by atoms with Crippen molar-refractivity contribution >= 4 is 23.2 Å². The lowest BCUT2D eigenvalue weighted by Crippen LogP contribution is -2.30. The first-order valence-corrected chi connectivity index (χ1v) is 7.57. The molecule has 2 amide bonds. The van der Waals surface area contributed by atoms with Crippen LogP contribution in [0.25, 0.3) is 0 Å². The number of anilines is 2. The van der Waals surface area contributed by atoms with Gasteiger partial charge in [0.2, 0.25) is 5.91 Å². The van der Waals surface area contributed by atoms with Gasteiger partial charge in [0.05, 0.1) is 0 Å². The van der Waals surface area contributed by atoms with Gasteiger partial charge in [0.1, 0.15) is 5.75 Å². The third-order valence-corrected chi connectivity index (χ3v) is 3.69. The van der Waals surface area contributed by atoms with Gasteiger partial charge < -0.3 is 15.4 Å². The number of amides is 2. The van der Waals surface area contributed by atoms with Crippen LogP contribution in [0.5, 0.6) is 5.75 Å². The van der Waals surface area contributed by atoms with E-state index in [4.69, 9.17) is 4.74 Å². The van der Waals surface area contributed by atoms with Crippen LogP contribution in [0.15, 0.2) is 48.5 Å². The first kappa shape index (κ1) is 15.1. The molecule has 0 spiro atoms. The fraction of sp³-hybridized carbons (Fsp3) is 0.222. The van der Waals surface area contributed by atoms with E-state index in [1.54, 1.807) is 13.0 Å². The fourth-order valence-electron chi connectivity index (χ4n) is 2.46. The Morgan fingerprint density at radius 1 is 1.17 bits per heavy atom. The van der Waals surface area contributed by atoms with Crippen LogP contribution in [0, 0.1) is 0 Å². The van der Waals surface area contributed by atoms with Gasteiger partial charge in [-0.1, -0.05) is 18.2 Å². The largest absolute Gasteiger partial charge is 0.481 e. The minimum absolute atomic E-state index is 0.0270. The van der Waals surface area contributed by atoms with Gasteiger partial charge in [-0.2, -0.15) is 0 Å². The lowest BCUT2D eigenvalue weighted by molar-refractivity contribution is -0.122. The van der Waals surface area contributed by atoms with Crippen molar-refractivity contribution in [1.29, 1.82) is 0 Å². The molecule has 118 valence electrons. The van der Waals surface area contributed by atoms with Gasteiger partial charge in [-0.15, -0.1) is 0 Å². The molecule has 1 heterocycles. The van der Waals surface area contributed by atoms with Crippen LogP contribution in [-0.2, 0) is 16.0 Å². The summed E-state index contributed by atoms with van der Waals surface area (Å²) in [5, 5.41) is 5.67. The Bertz CT molecular complexity index is 728. The molecule has 0 radical (unpaired) electrons. The van der Waals surface area contributed by atoms with E-state index in [0.29, 0.717) is 24.3 Å². The fourth-order valence-corrected chi connectivity index (χ4v) is 2.46. The molecule has 3 rings (SSSR count). The molecule has 2 aromatic rings. The Morgan fingerprint density at radius 3 is 2.74 bits per heavy atom. The molecule has 1 aliphatic heterocycles. The molecule has 5 heteroatoms. The maximum atomic E-state index is 12.2. The summed E-state index contributed by atoms with van der Waals surface area (Å²) in [5.41, 5.74) is 2.54. The number of nitrogens with one attached hydrogen (secondary N) is 2. The van der Waals surface area contributed by atoms with Crippen molar-refractivity contribution < 1.29 is 14.3 Å². The van der Waals surface area contributed by atoms with E-state index in [1.165, 1.54) is 0 Å². The molecule has 0 bridgehead atoms. The SMILES string of the molecule is CC(Oc1ccccc1)C(=O)Nc1ccc2c(c1)CCC(=O)N2. The van der Waals surface area contributed by atoms with Crippen LogP contribution in [-0.4, -0.2) is 17.9 Å². The molecule has 1 aliphatic rings. The lowest BCUT2D eigenvalue weighted by atomic mass is 10.0. The second-order valence-corrected chi connectivity index (χ2v) is 5.48. The molecule has 1 atom stereocenters. The van der Waals surface area contributed by atoms with Crippen LogP contribution >= 0.6 is 0 Å². The number of aryl methyl sites for hydroxylation is 1. The quantitative estimate of drug-likeness (QED) is 0.912. The summed E-state index contributed by atoms with van der Waals surface area (Å²) in [4.78, 5) is 23.6. The maximum Gasteiger partial charge on any atom is 0.265 e. The van der Waals surface area contributed by atoms with Crippen molar-refractivity contribution in [3.63, 3.8) is 0 Å². The molecule has 0 saturated heterocycles. The van der Waals surface area contributed by atoms with Gasteiger partial charge in [0.15, 0.2) is 6.10 Å². The van der Waals surface area contributed by atoms with E-state index in [9.17, 15) is 9.59 Å². The van der Waals surface area contributed by atoms with Gasteiger partial charge in [0, 0.05) is 17.8 Å². The molecular formula is C18H18N2O3. The number of hydrogen-bond acceptors (Lipinski definition) is 3. The smallest absolute Gasteiger partial charge is 0.265 e. The number of carbonyl (C=O) groups is 2. The highest BCUT2D eigenvalue weighted by atomic mass is 16.5. The molecule has 1 unspecified atom stereocenters. The Balaban J connectivity index is 1.64. The van der Waals surface area contributed by atoms with Gasteiger partial charge in [-0.25, -0.2) is 0 Å². The highest BCUT2D eigenvalue weighted by molar-refractivity contribution is 5.96. The molecule has 0 saturated carbocycles. The standard InChI is InChI=1S/C18H18N2O3/c1-12(23-15-5-3-2-4-6-15)18(22)19-14-8-9-16-13(11-14)7-10-17(21)20-16/h2-6,8-9,11-12H,7,10H2,1H3,(H,19,22)(H,20,21). The van der Waals surface area contributed by atoms with Gasteiger partial charge >= 0.3 is 0 Å². The normalized spacial score (nSPS) is 14.4. The molecule has 2 N–H and O–H groups in total. The third-order valence-electron chi connectivity index (χ3n) is 3.69. The average Bonchev–Trinajstić information content (AvgIpc) is 2.56. The number of fused-ring (bicyclic) bond motifs is 1. The van der Waals surface area contributed by atoms with Gasteiger partial charge in [-0.3, -0.25) is 9.59 Å². The van der Waals surface area contributed by atoms with Crippen molar-refractivity contribution in [3.05, 3.63) is 54.1 Å². The zero-order valence-electron chi connectivity index (χ0n) is 12.8. The third kappa shape index (κ3) is 3.69. The van der Waals surface area contributed by atoms with Gasteiger partial charge in [0.25, 0.3) is 5.91 Å². The van der Waals surface area contributed by atoms with Crippen LogP contribution in [0.4, 0.5) is 11.4 Å². The van der Waals surface area contributed by atoms with Crippen molar-refractivity contribution in [3.8, 4) is 5.75 Å². The zero-order chi connectivity index (χ0) is 16.2. The van der Waals surface area contributed by atoms with Crippen molar-refractivity contribution in [2.45, 2.75) is 25.9 Å². The topological polar surface area (TPSA) is 67.4 Å². The van der Waals surface area contributed by atoms with Crippen molar-refractivity contribution in [2.24, 2.45) is 0 Å². The van der Waals surface area contributed by atoms with E-state index in [0.717, 1.165) is 11.3 Å². The summed E-state index contributed by atoms with van der Waals surface area (Å²) in [6.45, 7) is 1.71. The summed E-state index contributed by atoms with van der Waals surface area (Å²) in [5.74, 6) is 0.469. The highest BCUT2D eigenvalue weighted by Crippen LogP contribution is 2.25. The Morgan fingerprint density at radius 2 is 1.96 bits per heavy atom. The Kier molecular flexibility index (Phi) is 4.28. The summed E-state index contributed by atoms with van der Waals surface area (Å²) in [7, 11) is 0. The monoisotopic (exact) mass is 310 g/mol. The number of hydrogen-bond donors (Lipinski definition) is 2. The van der Waals surface area contributed by atoms with E-state index in [1.807, 2.05) is 42.5 Å². The highest BCUT2D eigenvalue weighted by Gasteiger charge is 2.18. The van der Waals surface area contributed by atoms with Crippen molar-refractivity contribution in [2.75, 3.05) is 10.6 Å². The molecule has 0 fully saturated rings. The molecule has 0 aliphatic carbocycles. The number of para-hydroxylation sites is 1. The minimum Gasteiger partial charge on any atom is -0.481 e. The molecular weight excluding hydrogens is 292 g/mol. The van der Waals surface area contributed by atoms with Crippen LogP contribution in [0.2, 0.25) is 0 Å². The predicted octanol–water partition coefficient (Wildman–Crippen LogP) is 2.98. The zero-order valence-corrected chi connectivity index (χ0v) is 12.8. The van der Waals surface area contributed by atoms with E-state index < -0.39 is 6.10 Å². The second kappa shape index (κ2) is 6.52. The van der Waals surface area contributed by atoms with E-state index in [2.05, 4.69) is 10.6 Å². The lowest BCUT2D eigenvalue weighted by Gasteiger charge is -2.19. The molecule has 0 aromatic heterocycles. The summed E-state index contributed by atoms with van der Waals surface area (Å²) >= 11 is 0. The first-order chi connectivity index (χ1) is 11.1. The summed E-state index contributed by atoms with van der Waals surface area (Å²) in [6, 6.07) is 14.7. The number of carbonyl (C=O) groups excluding carboxylic acids is 2. The Labute approximate surface area is 134 Å². The second-order valence-electron chi connectivity index (χ2n) is 5.48. The molecule has 2 aromatic carbocycles. The van der Waals surface area contributed by atoms with E-state index in [-0.39, 0.29) is 11.8 Å². The van der Waals surface area contributed by atoms with Gasteiger partial charge in [-0.05, 0) is 49.2 Å². The summed E-state index contributed by atoms with van der Waals surface area (Å²) in [6.07, 6.45) is 0.548. The van der Waals surface area contributed by atoms with Crippen LogP contribution in [0.3, 0.4) is 0 Å². The number of rotatable bonds is 4. The molecule has 23 heavy (non-hydrogen) atoms.